The van der Waals surface area contributed by atoms with Crippen molar-refractivity contribution in [1.82, 2.24) is 9.55 Å². The van der Waals surface area contributed by atoms with Gasteiger partial charge in [-0.3, -0.25) is 4.57 Å². The largest absolute Gasteiger partial charge is 0.464 e. The first kappa shape index (κ1) is 14.4. The second kappa shape index (κ2) is 5.56. The van der Waals surface area contributed by atoms with E-state index >= 15 is 0 Å². The van der Waals surface area contributed by atoms with Crippen molar-refractivity contribution in [3.63, 3.8) is 0 Å². The standard InChI is InChI=1S/C11H13N3O6/c1-19-11(18)7-5(2-12)14(4-13-7)10-9(17)8(16)6(3-15)20-10/h4,6,8-10,15-17H,3H2,1H3/t6-,8-,9-,10-/m1/s1. The number of carbonyl (C=O) groups excluding carboxylic acids is 1. The number of aliphatic hydroxyl groups is 3. The van der Waals surface area contributed by atoms with E-state index in [4.69, 9.17) is 15.1 Å². The lowest BCUT2D eigenvalue weighted by molar-refractivity contribution is -0.0531. The molecule has 1 saturated heterocycles. The number of rotatable bonds is 3. The second-order valence-electron chi connectivity index (χ2n) is 4.18. The topological polar surface area (TPSA) is 138 Å². The third kappa shape index (κ3) is 2.14. The molecule has 1 aromatic heterocycles. The van der Waals surface area contributed by atoms with Gasteiger partial charge < -0.3 is 24.8 Å². The maximum atomic E-state index is 11.4. The van der Waals surface area contributed by atoms with Crippen molar-refractivity contribution in [2.75, 3.05) is 13.7 Å². The van der Waals surface area contributed by atoms with Crippen molar-refractivity contribution in [3.8, 4) is 6.07 Å². The van der Waals surface area contributed by atoms with Crippen molar-refractivity contribution < 1.29 is 29.6 Å². The molecular weight excluding hydrogens is 270 g/mol. The van der Waals surface area contributed by atoms with Crippen molar-refractivity contribution in [2.45, 2.75) is 24.5 Å². The molecule has 1 fully saturated rings. The highest BCUT2D eigenvalue weighted by Crippen LogP contribution is 2.30. The van der Waals surface area contributed by atoms with Crippen LogP contribution in [0.4, 0.5) is 0 Å². The number of hydrogen-bond acceptors (Lipinski definition) is 8. The molecule has 1 aliphatic heterocycles. The lowest BCUT2D eigenvalue weighted by Crippen LogP contribution is -2.33. The number of esters is 1. The van der Waals surface area contributed by atoms with Gasteiger partial charge in [0.05, 0.1) is 20.0 Å². The summed E-state index contributed by atoms with van der Waals surface area (Å²) in [4.78, 5) is 15.2. The monoisotopic (exact) mass is 283 g/mol. The number of nitrogens with zero attached hydrogens (tertiary/aromatic N) is 3. The molecule has 9 heteroatoms. The van der Waals surface area contributed by atoms with Crippen LogP contribution in [0.3, 0.4) is 0 Å². The molecule has 3 N–H and O–H groups in total. The highest BCUT2D eigenvalue weighted by molar-refractivity contribution is 5.89. The van der Waals surface area contributed by atoms with E-state index in [0.717, 1.165) is 18.0 Å². The molecule has 0 unspecified atom stereocenters. The fourth-order valence-corrected chi connectivity index (χ4v) is 2.02. The van der Waals surface area contributed by atoms with Gasteiger partial charge in [-0.25, -0.2) is 9.78 Å². The summed E-state index contributed by atoms with van der Waals surface area (Å²) in [6.45, 7) is -0.491. The van der Waals surface area contributed by atoms with Crippen LogP contribution in [-0.2, 0) is 9.47 Å². The molecule has 0 amide bonds. The van der Waals surface area contributed by atoms with E-state index in [1.165, 1.54) is 0 Å². The molecule has 0 radical (unpaired) electrons. The van der Waals surface area contributed by atoms with E-state index in [-0.39, 0.29) is 11.4 Å². The zero-order chi connectivity index (χ0) is 14.9. The Morgan fingerprint density at radius 3 is 2.80 bits per heavy atom. The normalized spacial score (nSPS) is 29.1. The van der Waals surface area contributed by atoms with Gasteiger partial charge in [0.15, 0.2) is 17.6 Å². The first-order valence-electron chi connectivity index (χ1n) is 5.72. The maximum absolute atomic E-state index is 11.4. The minimum Gasteiger partial charge on any atom is -0.464 e. The van der Waals surface area contributed by atoms with Gasteiger partial charge in [-0.15, -0.1) is 0 Å². The zero-order valence-corrected chi connectivity index (χ0v) is 10.5. The summed E-state index contributed by atoms with van der Waals surface area (Å²) >= 11 is 0. The molecule has 9 nitrogen and oxygen atoms in total. The predicted octanol–water partition coefficient (Wildman–Crippen LogP) is -1.85. The molecule has 0 saturated carbocycles. The summed E-state index contributed by atoms with van der Waals surface area (Å²) in [5, 5.41) is 37.7. The first-order valence-corrected chi connectivity index (χ1v) is 5.72. The molecule has 2 rings (SSSR count). The summed E-state index contributed by atoms with van der Waals surface area (Å²) in [5.41, 5.74) is -0.376. The van der Waals surface area contributed by atoms with E-state index < -0.39 is 37.1 Å². The first-order chi connectivity index (χ1) is 9.54. The van der Waals surface area contributed by atoms with Gasteiger partial charge in [0.2, 0.25) is 0 Å². The third-order valence-corrected chi connectivity index (χ3v) is 3.07. The summed E-state index contributed by atoms with van der Waals surface area (Å²) in [6, 6.07) is 1.77. The Balaban J connectivity index is 2.37. The van der Waals surface area contributed by atoms with Gasteiger partial charge in [0.25, 0.3) is 0 Å². The fraction of sp³-hybridized carbons (Fsp3) is 0.545. The van der Waals surface area contributed by atoms with E-state index in [1.807, 2.05) is 0 Å². The molecule has 108 valence electrons. The van der Waals surface area contributed by atoms with Crippen LogP contribution < -0.4 is 0 Å². The van der Waals surface area contributed by atoms with Crippen LogP contribution in [0.5, 0.6) is 0 Å². The van der Waals surface area contributed by atoms with Crippen LogP contribution in [0.25, 0.3) is 0 Å². The van der Waals surface area contributed by atoms with Gasteiger partial charge in [-0.1, -0.05) is 0 Å². The number of hydrogen-bond donors (Lipinski definition) is 3. The Kier molecular flexibility index (Phi) is 4.01. The van der Waals surface area contributed by atoms with Crippen LogP contribution in [0.2, 0.25) is 0 Å². The van der Waals surface area contributed by atoms with E-state index in [2.05, 4.69) is 9.72 Å². The summed E-state index contributed by atoms with van der Waals surface area (Å²) in [5.74, 6) is -0.799. The summed E-state index contributed by atoms with van der Waals surface area (Å²) in [7, 11) is 1.15. The number of imidazole rings is 1. The molecule has 0 spiro atoms. The van der Waals surface area contributed by atoms with Crippen molar-refractivity contribution >= 4 is 5.97 Å². The average molecular weight is 283 g/mol. The Bertz CT molecular complexity index is 551. The van der Waals surface area contributed by atoms with E-state index in [9.17, 15) is 15.0 Å². The maximum Gasteiger partial charge on any atom is 0.359 e. The van der Waals surface area contributed by atoms with Gasteiger partial charge >= 0.3 is 5.97 Å². The van der Waals surface area contributed by atoms with E-state index in [0.29, 0.717) is 0 Å². The molecule has 4 atom stereocenters. The van der Waals surface area contributed by atoms with Crippen molar-refractivity contribution in [2.24, 2.45) is 0 Å². The number of carbonyl (C=O) groups is 1. The van der Waals surface area contributed by atoms with Crippen molar-refractivity contribution in [3.05, 3.63) is 17.7 Å². The average Bonchev–Trinajstić information content (AvgIpc) is 3.00. The number of aliphatic hydroxyl groups excluding tert-OH is 3. The lowest BCUT2D eigenvalue weighted by atomic mass is 10.1. The molecule has 0 aromatic carbocycles. The van der Waals surface area contributed by atoms with Gasteiger partial charge in [-0.05, 0) is 0 Å². The quantitative estimate of drug-likeness (QED) is 0.550. The summed E-state index contributed by atoms with van der Waals surface area (Å²) in [6.07, 6.45) is -3.64. The molecule has 1 aliphatic rings. The minimum absolute atomic E-state index is 0.160. The number of aromatic nitrogens is 2. The Labute approximate surface area is 113 Å². The van der Waals surface area contributed by atoms with Gasteiger partial charge in [-0.2, -0.15) is 5.26 Å². The Morgan fingerprint density at radius 2 is 2.30 bits per heavy atom. The number of ether oxygens (including phenoxy) is 2. The minimum atomic E-state index is -1.36. The molecule has 2 heterocycles. The molecular formula is C11H13N3O6. The SMILES string of the molecule is COC(=O)c1ncn([C@@H]2O[C@H](CO)[C@@H](O)[C@H]2O)c1C#N. The smallest absolute Gasteiger partial charge is 0.359 e. The molecule has 20 heavy (non-hydrogen) atoms. The predicted molar refractivity (Wildman–Crippen MR) is 61.3 cm³/mol. The fourth-order valence-electron chi connectivity index (χ4n) is 2.02. The second-order valence-corrected chi connectivity index (χ2v) is 4.18. The Morgan fingerprint density at radius 1 is 1.60 bits per heavy atom. The zero-order valence-electron chi connectivity index (χ0n) is 10.5. The van der Waals surface area contributed by atoms with Crippen LogP contribution in [-0.4, -0.2) is 62.9 Å². The third-order valence-electron chi connectivity index (χ3n) is 3.07. The number of nitriles is 1. The highest BCUT2D eigenvalue weighted by atomic mass is 16.6. The van der Waals surface area contributed by atoms with Crippen molar-refractivity contribution in [1.29, 1.82) is 5.26 Å². The van der Waals surface area contributed by atoms with Crippen LogP contribution in [0.1, 0.15) is 22.4 Å². The molecule has 1 aromatic rings. The lowest BCUT2D eigenvalue weighted by Gasteiger charge is -2.16. The Hall–Kier alpha value is -1.99. The molecule has 0 aliphatic carbocycles. The molecule has 0 bridgehead atoms. The van der Waals surface area contributed by atoms with Gasteiger partial charge in [0, 0.05) is 0 Å². The van der Waals surface area contributed by atoms with E-state index in [1.54, 1.807) is 6.07 Å². The van der Waals surface area contributed by atoms with Gasteiger partial charge in [0.1, 0.15) is 24.4 Å². The van der Waals surface area contributed by atoms with Crippen LogP contribution >= 0.6 is 0 Å². The van der Waals surface area contributed by atoms with Crippen LogP contribution in [0.15, 0.2) is 6.33 Å². The summed E-state index contributed by atoms with van der Waals surface area (Å²) < 4.78 is 10.9. The highest BCUT2D eigenvalue weighted by Gasteiger charge is 2.44. The number of methoxy groups -OCH3 is 1. The van der Waals surface area contributed by atoms with Crippen LogP contribution in [0, 0.1) is 11.3 Å².